The summed E-state index contributed by atoms with van der Waals surface area (Å²) in [6.07, 6.45) is 11.1. The van der Waals surface area contributed by atoms with Gasteiger partial charge < -0.3 is 4.74 Å². The van der Waals surface area contributed by atoms with Crippen molar-refractivity contribution in [3.8, 4) is 6.07 Å². The number of carbonyl (C=O) groups is 1. The van der Waals surface area contributed by atoms with Gasteiger partial charge in [0.2, 0.25) is 0 Å². The quantitative estimate of drug-likeness (QED) is 0.393. The van der Waals surface area contributed by atoms with E-state index in [0.29, 0.717) is 18.9 Å². The number of carbonyl (C=O) groups excluding carboxylic acids is 1. The molecule has 1 rings (SSSR count). The van der Waals surface area contributed by atoms with Crippen LogP contribution in [-0.2, 0) is 9.53 Å². The standard InChI is InChI=1S/C15H23NO2/c1-2-18-15(17)11-6-10-14-9-5-8-13(14)7-3-4-12-16/h6,11,13-14H,2-5,7-10H2,1H3/b11-6+/t13-,14-/m0/s1. The fourth-order valence-electron chi connectivity index (χ4n) is 2.78. The maximum Gasteiger partial charge on any atom is 0.330 e. The van der Waals surface area contributed by atoms with Crippen molar-refractivity contribution in [3.63, 3.8) is 0 Å². The Morgan fingerprint density at radius 1 is 1.44 bits per heavy atom. The summed E-state index contributed by atoms with van der Waals surface area (Å²) in [6.45, 7) is 2.25. The zero-order valence-corrected chi connectivity index (χ0v) is 11.2. The van der Waals surface area contributed by atoms with E-state index in [-0.39, 0.29) is 5.97 Å². The van der Waals surface area contributed by atoms with E-state index in [4.69, 9.17) is 10.00 Å². The van der Waals surface area contributed by atoms with Gasteiger partial charge in [-0.25, -0.2) is 4.79 Å². The van der Waals surface area contributed by atoms with E-state index in [1.165, 1.54) is 19.3 Å². The van der Waals surface area contributed by atoms with Gasteiger partial charge in [0.25, 0.3) is 0 Å². The average Bonchev–Trinajstić information content (AvgIpc) is 2.78. The van der Waals surface area contributed by atoms with Crippen molar-refractivity contribution in [2.24, 2.45) is 11.8 Å². The van der Waals surface area contributed by atoms with E-state index in [2.05, 4.69) is 6.07 Å². The Kier molecular flexibility index (Phi) is 7.17. The van der Waals surface area contributed by atoms with Crippen molar-refractivity contribution in [2.45, 2.75) is 51.9 Å². The van der Waals surface area contributed by atoms with Crippen LogP contribution in [0.5, 0.6) is 0 Å². The van der Waals surface area contributed by atoms with Crippen molar-refractivity contribution >= 4 is 5.97 Å². The van der Waals surface area contributed by atoms with Gasteiger partial charge in [-0.2, -0.15) is 5.26 Å². The smallest absolute Gasteiger partial charge is 0.330 e. The minimum absolute atomic E-state index is 0.239. The van der Waals surface area contributed by atoms with Gasteiger partial charge in [0, 0.05) is 12.5 Å². The number of hydrogen-bond donors (Lipinski definition) is 0. The first-order valence-electron chi connectivity index (χ1n) is 6.98. The Labute approximate surface area is 110 Å². The Morgan fingerprint density at radius 3 is 2.94 bits per heavy atom. The number of hydrogen-bond acceptors (Lipinski definition) is 3. The molecule has 18 heavy (non-hydrogen) atoms. The molecule has 0 unspecified atom stereocenters. The molecule has 0 heterocycles. The molecule has 1 fully saturated rings. The molecule has 0 spiro atoms. The molecular formula is C15H23NO2. The number of unbranched alkanes of at least 4 members (excludes halogenated alkanes) is 1. The molecule has 0 aromatic rings. The van der Waals surface area contributed by atoms with Crippen LogP contribution in [0.3, 0.4) is 0 Å². The van der Waals surface area contributed by atoms with E-state index in [1.54, 1.807) is 6.08 Å². The zero-order valence-electron chi connectivity index (χ0n) is 11.2. The lowest BCUT2D eigenvalue weighted by Gasteiger charge is -2.17. The summed E-state index contributed by atoms with van der Waals surface area (Å²) in [5.41, 5.74) is 0. The van der Waals surface area contributed by atoms with Crippen molar-refractivity contribution in [1.29, 1.82) is 5.26 Å². The molecule has 1 aliphatic carbocycles. The first kappa shape index (κ1) is 14.8. The van der Waals surface area contributed by atoms with E-state index in [1.807, 2.05) is 13.0 Å². The molecule has 0 bridgehead atoms. The first-order valence-corrected chi connectivity index (χ1v) is 6.98. The monoisotopic (exact) mass is 249 g/mol. The van der Waals surface area contributed by atoms with Gasteiger partial charge in [0.1, 0.15) is 0 Å². The summed E-state index contributed by atoms with van der Waals surface area (Å²) in [5.74, 6) is 1.19. The number of nitrogens with zero attached hydrogens (tertiary/aromatic N) is 1. The van der Waals surface area contributed by atoms with Crippen LogP contribution in [0.4, 0.5) is 0 Å². The van der Waals surface area contributed by atoms with E-state index >= 15 is 0 Å². The highest BCUT2D eigenvalue weighted by Crippen LogP contribution is 2.37. The average molecular weight is 249 g/mol. The van der Waals surface area contributed by atoms with Gasteiger partial charge in [-0.3, -0.25) is 0 Å². The number of rotatable bonds is 7. The predicted octanol–water partition coefficient (Wildman–Crippen LogP) is 3.61. The maximum atomic E-state index is 11.2. The maximum absolute atomic E-state index is 11.2. The van der Waals surface area contributed by atoms with Gasteiger partial charge in [0.15, 0.2) is 0 Å². The van der Waals surface area contributed by atoms with Crippen molar-refractivity contribution in [3.05, 3.63) is 12.2 Å². The molecule has 1 saturated carbocycles. The van der Waals surface area contributed by atoms with Crippen LogP contribution in [0, 0.1) is 23.2 Å². The normalized spacial score (nSPS) is 23.1. The molecule has 0 radical (unpaired) electrons. The second-order valence-electron chi connectivity index (χ2n) is 4.89. The zero-order chi connectivity index (χ0) is 13.2. The highest BCUT2D eigenvalue weighted by atomic mass is 16.5. The minimum atomic E-state index is -0.239. The SMILES string of the molecule is CCOC(=O)/C=C/C[C@@H]1CCC[C@@H]1CCCC#N. The van der Waals surface area contributed by atoms with Gasteiger partial charge in [-0.1, -0.05) is 18.9 Å². The topological polar surface area (TPSA) is 50.1 Å². The van der Waals surface area contributed by atoms with Gasteiger partial charge in [0.05, 0.1) is 12.7 Å². The Morgan fingerprint density at radius 2 is 2.22 bits per heavy atom. The Hall–Kier alpha value is -1.30. The highest BCUT2D eigenvalue weighted by molar-refractivity contribution is 5.81. The summed E-state index contributed by atoms with van der Waals surface area (Å²) >= 11 is 0. The number of esters is 1. The van der Waals surface area contributed by atoms with Gasteiger partial charge >= 0.3 is 5.97 Å². The molecule has 3 heteroatoms. The van der Waals surface area contributed by atoms with Crippen molar-refractivity contribution < 1.29 is 9.53 Å². The van der Waals surface area contributed by atoms with Crippen LogP contribution in [0.25, 0.3) is 0 Å². The largest absolute Gasteiger partial charge is 0.463 e. The third kappa shape index (κ3) is 5.35. The van der Waals surface area contributed by atoms with Gasteiger partial charge in [-0.15, -0.1) is 0 Å². The van der Waals surface area contributed by atoms with Crippen LogP contribution in [0.15, 0.2) is 12.2 Å². The molecule has 0 amide bonds. The highest BCUT2D eigenvalue weighted by Gasteiger charge is 2.25. The van der Waals surface area contributed by atoms with Crippen LogP contribution in [0.2, 0.25) is 0 Å². The third-order valence-electron chi connectivity index (χ3n) is 3.66. The second-order valence-corrected chi connectivity index (χ2v) is 4.89. The second kappa shape index (κ2) is 8.74. The van der Waals surface area contributed by atoms with E-state index < -0.39 is 0 Å². The number of ether oxygens (including phenoxy) is 1. The summed E-state index contributed by atoms with van der Waals surface area (Å²) in [5, 5.41) is 8.55. The fraction of sp³-hybridized carbons (Fsp3) is 0.733. The molecule has 0 saturated heterocycles. The Bertz CT molecular complexity index is 317. The van der Waals surface area contributed by atoms with E-state index in [9.17, 15) is 4.79 Å². The van der Waals surface area contributed by atoms with Crippen LogP contribution in [0.1, 0.15) is 51.9 Å². The minimum Gasteiger partial charge on any atom is -0.463 e. The summed E-state index contributed by atoms with van der Waals surface area (Å²) < 4.78 is 4.85. The third-order valence-corrected chi connectivity index (χ3v) is 3.66. The lowest BCUT2D eigenvalue weighted by atomic mass is 9.88. The lowest BCUT2D eigenvalue weighted by Crippen LogP contribution is -2.07. The fourth-order valence-corrected chi connectivity index (χ4v) is 2.78. The molecule has 1 aliphatic rings. The molecule has 3 nitrogen and oxygen atoms in total. The van der Waals surface area contributed by atoms with Crippen LogP contribution >= 0.6 is 0 Å². The van der Waals surface area contributed by atoms with E-state index in [0.717, 1.165) is 25.2 Å². The molecule has 2 atom stereocenters. The van der Waals surface area contributed by atoms with Crippen molar-refractivity contribution in [1.82, 2.24) is 0 Å². The summed E-state index contributed by atoms with van der Waals surface area (Å²) in [7, 11) is 0. The Balaban J connectivity index is 2.27. The van der Waals surface area contributed by atoms with Crippen LogP contribution < -0.4 is 0 Å². The summed E-state index contributed by atoms with van der Waals surface area (Å²) in [6, 6.07) is 2.20. The molecule has 0 aliphatic heterocycles. The van der Waals surface area contributed by atoms with Crippen molar-refractivity contribution in [2.75, 3.05) is 6.61 Å². The van der Waals surface area contributed by atoms with Crippen LogP contribution in [-0.4, -0.2) is 12.6 Å². The lowest BCUT2D eigenvalue weighted by molar-refractivity contribution is -0.137. The molecular weight excluding hydrogens is 226 g/mol. The first-order chi connectivity index (χ1) is 8.77. The number of allylic oxidation sites excluding steroid dienone is 1. The van der Waals surface area contributed by atoms with Gasteiger partial charge in [-0.05, 0) is 44.4 Å². The number of nitriles is 1. The molecule has 0 N–H and O–H groups in total. The molecule has 0 aromatic heterocycles. The summed E-state index contributed by atoms with van der Waals surface area (Å²) in [4.78, 5) is 11.2. The molecule has 100 valence electrons. The molecule has 0 aromatic carbocycles. The predicted molar refractivity (Wildman–Crippen MR) is 70.7 cm³/mol.